The number of carbonyl (C=O) groups is 1. The third-order valence-corrected chi connectivity index (χ3v) is 4.79. The Balaban J connectivity index is 1.29. The van der Waals surface area contributed by atoms with Crippen LogP contribution in [-0.4, -0.2) is 36.0 Å². The van der Waals surface area contributed by atoms with E-state index in [-0.39, 0.29) is 24.2 Å². The standard InChI is InChI=1S/C18H20N4O4/c23-17-8-14(10-20-21-17)22-5-3-13(4-6-22)18(24)19-9-12-1-2-15-16(7-12)26-11-25-15/h1-2,7-8,10,13H,3-6,9,11H2,(H,19,24)(H,21,23). The number of fused-ring (bicyclic) bond motifs is 1. The van der Waals surface area contributed by atoms with Gasteiger partial charge in [0.15, 0.2) is 11.5 Å². The lowest BCUT2D eigenvalue weighted by Gasteiger charge is -2.32. The van der Waals surface area contributed by atoms with Gasteiger partial charge in [-0.15, -0.1) is 0 Å². The SMILES string of the molecule is O=C(NCc1ccc2c(c1)OCO2)C1CCN(c2cn[nH]c(=O)c2)CC1. The number of nitrogens with zero attached hydrogens (tertiary/aromatic N) is 2. The van der Waals surface area contributed by atoms with Crippen molar-refractivity contribution < 1.29 is 14.3 Å². The maximum Gasteiger partial charge on any atom is 0.266 e. The van der Waals surface area contributed by atoms with Gasteiger partial charge in [-0.05, 0) is 30.5 Å². The number of aromatic nitrogens is 2. The van der Waals surface area contributed by atoms with Crippen LogP contribution in [0.2, 0.25) is 0 Å². The number of piperidine rings is 1. The topological polar surface area (TPSA) is 96.6 Å². The molecule has 0 saturated carbocycles. The monoisotopic (exact) mass is 356 g/mol. The predicted molar refractivity (Wildman–Crippen MR) is 94.2 cm³/mol. The number of amides is 1. The van der Waals surface area contributed by atoms with E-state index in [0.717, 1.165) is 48.7 Å². The molecule has 3 heterocycles. The van der Waals surface area contributed by atoms with Crippen LogP contribution in [0.25, 0.3) is 0 Å². The summed E-state index contributed by atoms with van der Waals surface area (Å²) in [6.45, 7) is 2.17. The highest BCUT2D eigenvalue weighted by molar-refractivity contribution is 5.79. The average molecular weight is 356 g/mol. The summed E-state index contributed by atoms with van der Waals surface area (Å²) in [6.07, 6.45) is 3.14. The minimum Gasteiger partial charge on any atom is -0.454 e. The number of aromatic amines is 1. The maximum absolute atomic E-state index is 12.4. The Hall–Kier alpha value is -3.03. The van der Waals surface area contributed by atoms with Gasteiger partial charge in [0, 0.05) is 31.6 Å². The summed E-state index contributed by atoms with van der Waals surface area (Å²) in [5.41, 5.74) is 1.56. The van der Waals surface area contributed by atoms with Crippen LogP contribution in [-0.2, 0) is 11.3 Å². The minimum atomic E-state index is -0.217. The number of hydrogen-bond acceptors (Lipinski definition) is 6. The summed E-state index contributed by atoms with van der Waals surface area (Å²) in [4.78, 5) is 25.9. The molecule has 0 spiro atoms. The summed E-state index contributed by atoms with van der Waals surface area (Å²) in [5, 5.41) is 9.20. The molecule has 1 saturated heterocycles. The van der Waals surface area contributed by atoms with Crippen molar-refractivity contribution in [3.8, 4) is 11.5 Å². The second-order valence-corrected chi connectivity index (χ2v) is 6.47. The highest BCUT2D eigenvalue weighted by atomic mass is 16.7. The fraction of sp³-hybridized carbons (Fsp3) is 0.389. The van der Waals surface area contributed by atoms with E-state index in [1.807, 2.05) is 18.2 Å². The van der Waals surface area contributed by atoms with Gasteiger partial charge in [0.1, 0.15) is 0 Å². The van der Waals surface area contributed by atoms with Gasteiger partial charge in [-0.1, -0.05) is 6.07 Å². The minimum absolute atomic E-state index is 0.0183. The summed E-state index contributed by atoms with van der Waals surface area (Å²) >= 11 is 0. The quantitative estimate of drug-likeness (QED) is 0.849. The van der Waals surface area contributed by atoms with Crippen molar-refractivity contribution in [2.45, 2.75) is 19.4 Å². The molecule has 0 atom stereocenters. The fourth-order valence-electron chi connectivity index (χ4n) is 3.32. The molecule has 1 aromatic heterocycles. The predicted octanol–water partition coefficient (Wildman–Crippen LogP) is 1.03. The van der Waals surface area contributed by atoms with E-state index in [0.29, 0.717) is 6.54 Å². The van der Waals surface area contributed by atoms with E-state index < -0.39 is 0 Å². The molecule has 0 unspecified atom stereocenters. The molecule has 1 aromatic carbocycles. The van der Waals surface area contributed by atoms with E-state index >= 15 is 0 Å². The molecule has 8 nitrogen and oxygen atoms in total. The number of hydrogen-bond donors (Lipinski definition) is 2. The Labute approximate surface area is 150 Å². The second-order valence-electron chi connectivity index (χ2n) is 6.47. The van der Waals surface area contributed by atoms with Gasteiger partial charge >= 0.3 is 0 Å². The van der Waals surface area contributed by atoms with Crippen molar-refractivity contribution in [3.05, 3.63) is 46.4 Å². The van der Waals surface area contributed by atoms with E-state index in [4.69, 9.17) is 9.47 Å². The lowest BCUT2D eigenvalue weighted by Crippen LogP contribution is -2.40. The van der Waals surface area contributed by atoms with Gasteiger partial charge in [-0.2, -0.15) is 5.10 Å². The van der Waals surface area contributed by atoms with Crippen LogP contribution in [0.5, 0.6) is 11.5 Å². The molecular weight excluding hydrogens is 336 g/mol. The van der Waals surface area contributed by atoms with Crippen molar-refractivity contribution in [3.63, 3.8) is 0 Å². The Morgan fingerprint density at radius 3 is 2.85 bits per heavy atom. The largest absolute Gasteiger partial charge is 0.454 e. The normalized spacial score (nSPS) is 16.5. The molecule has 2 aliphatic heterocycles. The Kier molecular flexibility index (Phi) is 4.47. The second kappa shape index (κ2) is 7.07. The third-order valence-electron chi connectivity index (χ3n) is 4.79. The number of anilines is 1. The molecule has 8 heteroatoms. The molecule has 2 aliphatic rings. The van der Waals surface area contributed by atoms with Gasteiger partial charge in [0.05, 0.1) is 11.9 Å². The fourth-order valence-corrected chi connectivity index (χ4v) is 3.32. The van der Waals surface area contributed by atoms with Gasteiger partial charge in [-0.25, -0.2) is 5.10 Å². The summed E-state index contributed by atoms with van der Waals surface area (Å²) in [7, 11) is 0. The van der Waals surface area contributed by atoms with Gasteiger partial charge in [0.2, 0.25) is 12.7 Å². The molecule has 26 heavy (non-hydrogen) atoms. The smallest absolute Gasteiger partial charge is 0.266 e. The lowest BCUT2D eigenvalue weighted by atomic mass is 9.95. The van der Waals surface area contributed by atoms with Crippen molar-refractivity contribution in [1.82, 2.24) is 15.5 Å². The number of benzene rings is 1. The van der Waals surface area contributed by atoms with Crippen LogP contribution in [0.3, 0.4) is 0 Å². The van der Waals surface area contributed by atoms with Crippen molar-refractivity contribution >= 4 is 11.6 Å². The number of ether oxygens (including phenoxy) is 2. The third kappa shape index (κ3) is 3.49. The number of carbonyl (C=O) groups excluding carboxylic acids is 1. The van der Waals surface area contributed by atoms with Gasteiger partial charge in [-0.3, -0.25) is 9.59 Å². The highest BCUT2D eigenvalue weighted by Gasteiger charge is 2.25. The first-order chi connectivity index (χ1) is 12.7. The summed E-state index contributed by atoms with van der Waals surface area (Å²) in [6, 6.07) is 7.21. The summed E-state index contributed by atoms with van der Waals surface area (Å²) in [5.74, 6) is 1.50. The summed E-state index contributed by atoms with van der Waals surface area (Å²) < 4.78 is 10.6. The molecule has 1 fully saturated rings. The number of rotatable bonds is 4. The van der Waals surface area contributed by atoms with E-state index in [1.54, 1.807) is 6.20 Å². The van der Waals surface area contributed by atoms with E-state index in [1.165, 1.54) is 6.07 Å². The number of H-pyrrole nitrogens is 1. The maximum atomic E-state index is 12.4. The Morgan fingerprint density at radius 1 is 1.23 bits per heavy atom. The first kappa shape index (κ1) is 16.4. The zero-order valence-electron chi connectivity index (χ0n) is 14.2. The van der Waals surface area contributed by atoms with Crippen LogP contribution in [0, 0.1) is 5.92 Å². The van der Waals surface area contributed by atoms with Crippen molar-refractivity contribution in [2.24, 2.45) is 5.92 Å². The van der Waals surface area contributed by atoms with Gasteiger partial charge in [0.25, 0.3) is 5.56 Å². The first-order valence-corrected chi connectivity index (χ1v) is 8.65. The Bertz CT molecular complexity index is 858. The van der Waals surface area contributed by atoms with Crippen molar-refractivity contribution in [2.75, 3.05) is 24.8 Å². The number of nitrogens with one attached hydrogen (secondary N) is 2. The molecule has 0 bridgehead atoms. The van der Waals surface area contributed by atoms with Gasteiger partial charge < -0.3 is 19.7 Å². The van der Waals surface area contributed by atoms with E-state index in [9.17, 15) is 9.59 Å². The zero-order chi connectivity index (χ0) is 17.9. The average Bonchev–Trinajstić information content (AvgIpc) is 3.14. The van der Waals surface area contributed by atoms with Crippen molar-refractivity contribution in [1.29, 1.82) is 0 Å². The lowest BCUT2D eigenvalue weighted by molar-refractivity contribution is -0.125. The first-order valence-electron chi connectivity index (χ1n) is 8.65. The molecular formula is C18H20N4O4. The molecule has 136 valence electrons. The van der Waals surface area contributed by atoms with Crippen LogP contribution in [0.1, 0.15) is 18.4 Å². The molecule has 4 rings (SSSR count). The van der Waals surface area contributed by atoms with Crippen LogP contribution in [0.4, 0.5) is 5.69 Å². The Morgan fingerprint density at radius 2 is 2.04 bits per heavy atom. The van der Waals surface area contributed by atoms with Crippen LogP contribution >= 0.6 is 0 Å². The molecule has 0 radical (unpaired) electrons. The van der Waals surface area contributed by atoms with Crippen LogP contribution in [0.15, 0.2) is 35.3 Å². The molecule has 2 aromatic rings. The molecule has 1 amide bonds. The van der Waals surface area contributed by atoms with Crippen LogP contribution < -0.4 is 25.2 Å². The zero-order valence-corrected chi connectivity index (χ0v) is 14.2. The molecule has 2 N–H and O–H groups in total. The highest BCUT2D eigenvalue weighted by Crippen LogP contribution is 2.32. The van der Waals surface area contributed by atoms with E-state index in [2.05, 4.69) is 20.4 Å². The molecule has 0 aliphatic carbocycles.